The van der Waals surface area contributed by atoms with E-state index < -0.39 is 0 Å². The maximum Gasteiger partial charge on any atom is 0.119 e. The molecule has 0 bridgehead atoms. The number of benzene rings is 2. The van der Waals surface area contributed by atoms with Crippen LogP contribution in [0.1, 0.15) is 0 Å². The average Bonchev–Trinajstić information content (AvgIpc) is 2.38. The predicted octanol–water partition coefficient (Wildman–Crippen LogP) is 2.40. The van der Waals surface area contributed by atoms with Gasteiger partial charge in [-0.2, -0.15) is 0 Å². The Balaban J connectivity index is 2.14. The molecule has 0 unspecified atom stereocenters. The van der Waals surface area contributed by atoms with Gasteiger partial charge in [0.1, 0.15) is 18.1 Å². The number of phenolic OH excluding ortho intramolecular Hbond substituents is 1. The number of aromatic hydroxyl groups is 1. The largest absolute Gasteiger partial charge is 0.508 e. The van der Waals surface area contributed by atoms with Crippen LogP contribution >= 0.6 is 0 Å². The summed E-state index contributed by atoms with van der Waals surface area (Å²) < 4.78 is 5.40. The molecule has 0 aliphatic heterocycles. The molecule has 3 N–H and O–H groups in total. The summed E-state index contributed by atoms with van der Waals surface area (Å²) in [5.41, 5.74) is 7.51. The van der Waals surface area contributed by atoms with Crippen molar-refractivity contribution in [2.75, 3.05) is 13.2 Å². The van der Waals surface area contributed by atoms with Crippen molar-refractivity contribution in [2.24, 2.45) is 5.73 Å². The molecular formula is C14H15NO2. The molecule has 2 aromatic carbocycles. The highest BCUT2D eigenvalue weighted by molar-refractivity contribution is 5.64. The number of nitrogens with two attached hydrogens (primary N) is 1. The fourth-order valence-electron chi connectivity index (χ4n) is 1.57. The van der Waals surface area contributed by atoms with Crippen molar-refractivity contribution in [1.82, 2.24) is 0 Å². The zero-order valence-electron chi connectivity index (χ0n) is 9.47. The van der Waals surface area contributed by atoms with Crippen LogP contribution in [0.5, 0.6) is 11.5 Å². The zero-order chi connectivity index (χ0) is 12.1. The molecule has 88 valence electrons. The molecule has 3 heteroatoms. The Morgan fingerprint density at radius 3 is 1.94 bits per heavy atom. The Bertz CT molecular complexity index is 463. The maximum atomic E-state index is 9.21. The average molecular weight is 229 g/mol. The summed E-state index contributed by atoms with van der Waals surface area (Å²) in [6.45, 7) is 1.04. The van der Waals surface area contributed by atoms with E-state index in [1.807, 2.05) is 36.4 Å². The summed E-state index contributed by atoms with van der Waals surface area (Å²) in [7, 11) is 0. The molecule has 0 saturated carbocycles. The van der Waals surface area contributed by atoms with Crippen LogP contribution in [0.2, 0.25) is 0 Å². The molecule has 0 heterocycles. The monoisotopic (exact) mass is 229 g/mol. The fraction of sp³-hybridized carbons (Fsp3) is 0.143. The highest BCUT2D eigenvalue weighted by Gasteiger charge is 1.98. The number of phenols is 1. The van der Waals surface area contributed by atoms with E-state index in [9.17, 15) is 5.11 Å². The predicted molar refractivity (Wildman–Crippen MR) is 68.1 cm³/mol. The Kier molecular flexibility index (Phi) is 3.62. The van der Waals surface area contributed by atoms with E-state index in [1.165, 1.54) is 0 Å². The Morgan fingerprint density at radius 1 is 0.882 bits per heavy atom. The molecule has 2 aromatic rings. The molecule has 0 atom stereocenters. The van der Waals surface area contributed by atoms with Gasteiger partial charge in [-0.3, -0.25) is 0 Å². The van der Waals surface area contributed by atoms with E-state index in [0.717, 1.165) is 16.9 Å². The molecule has 0 fully saturated rings. The maximum absolute atomic E-state index is 9.21. The fourth-order valence-corrected chi connectivity index (χ4v) is 1.57. The van der Waals surface area contributed by atoms with Gasteiger partial charge in [-0.25, -0.2) is 0 Å². The number of hydrogen-bond donors (Lipinski definition) is 2. The minimum absolute atomic E-state index is 0.275. The van der Waals surface area contributed by atoms with Crippen LogP contribution in [0.3, 0.4) is 0 Å². The van der Waals surface area contributed by atoms with Crippen molar-refractivity contribution in [3.8, 4) is 22.6 Å². The van der Waals surface area contributed by atoms with Gasteiger partial charge in [0.25, 0.3) is 0 Å². The second kappa shape index (κ2) is 5.37. The Morgan fingerprint density at radius 2 is 1.41 bits per heavy atom. The number of hydrogen-bond acceptors (Lipinski definition) is 3. The summed E-state index contributed by atoms with van der Waals surface area (Å²) in [5, 5.41) is 9.21. The molecule has 0 aliphatic carbocycles. The number of rotatable bonds is 4. The highest BCUT2D eigenvalue weighted by atomic mass is 16.5. The van der Waals surface area contributed by atoms with Crippen molar-refractivity contribution >= 4 is 0 Å². The quantitative estimate of drug-likeness (QED) is 0.846. The first-order valence-electron chi connectivity index (χ1n) is 5.52. The van der Waals surface area contributed by atoms with Crippen LogP contribution in [-0.2, 0) is 0 Å². The minimum Gasteiger partial charge on any atom is -0.508 e. The van der Waals surface area contributed by atoms with Crippen molar-refractivity contribution in [3.63, 3.8) is 0 Å². The van der Waals surface area contributed by atoms with E-state index in [1.54, 1.807) is 12.1 Å². The first-order chi connectivity index (χ1) is 8.29. The molecule has 0 amide bonds. The first kappa shape index (κ1) is 11.5. The van der Waals surface area contributed by atoms with E-state index >= 15 is 0 Å². The van der Waals surface area contributed by atoms with Crippen molar-refractivity contribution in [2.45, 2.75) is 0 Å². The second-order valence-electron chi connectivity index (χ2n) is 3.71. The SMILES string of the molecule is NCCOc1ccc(-c2ccc(O)cc2)cc1. The lowest BCUT2D eigenvalue weighted by Gasteiger charge is -2.06. The third-order valence-electron chi connectivity index (χ3n) is 2.44. The van der Waals surface area contributed by atoms with Crippen molar-refractivity contribution in [3.05, 3.63) is 48.5 Å². The van der Waals surface area contributed by atoms with Gasteiger partial charge in [0.05, 0.1) is 0 Å². The van der Waals surface area contributed by atoms with Crippen LogP contribution in [-0.4, -0.2) is 18.3 Å². The summed E-state index contributed by atoms with van der Waals surface area (Å²) >= 11 is 0. The molecule has 17 heavy (non-hydrogen) atoms. The zero-order valence-corrected chi connectivity index (χ0v) is 9.47. The Hall–Kier alpha value is -2.00. The van der Waals surface area contributed by atoms with Crippen LogP contribution < -0.4 is 10.5 Å². The topological polar surface area (TPSA) is 55.5 Å². The molecular weight excluding hydrogens is 214 g/mol. The van der Waals surface area contributed by atoms with E-state index in [4.69, 9.17) is 10.5 Å². The third-order valence-corrected chi connectivity index (χ3v) is 2.44. The normalized spacial score (nSPS) is 10.2. The van der Waals surface area contributed by atoms with Gasteiger partial charge >= 0.3 is 0 Å². The lowest BCUT2D eigenvalue weighted by Crippen LogP contribution is -2.10. The second-order valence-corrected chi connectivity index (χ2v) is 3.71. The number of ether oxygens (including phenoxy) is 1. The summed E-state index contributed by atoms with van der Waals surface area (Å²) in [4.78, 5) is 0. The van der Waals surface area contributed by atoms with Gasteiger partial charge in [-0.1, -0.05) is 24.3 Å². The molecule has 2 rings (SSSR count). The molecule has 0 radical (unpaired) electrons. The van der Waals surface area contributed by atoms with Crippen molar-refractivity contribution in [1.29, 1.82) is 0 Å². The van der Waals surface area contributed by atoms with Crippen LogP contribution in [0, 0.1) is 0 Å². The standard InChI is InChI=1S/C14H15NO2/c15-9-10-17-14-7-3-12(4-8-14)11-1-5-13(16)6-2-11/h1-8,16H,9-10,15H2. The molecule has 0 aliphatic rings. The van der Waals surface area contributed by atoms with E-state index in [0.29, 0.717) is 13.2 Å². The van der Waals surface area contributed by atoms with E-state index in [2.05, 4.69) is 0 Å². The third kappa shape index (κ3) is 2.98. The van der Waals surface area contributed by atoms with Gasteiger partial charge in [-0.05, 0) is 35.4 Å². The highest BCUT2D eigenvalue weighted by Crippen LogP contribution is 2.23. The van der Waals surface area contributed by atoms with Crippen LogP contribution in [0.15, 0.2) is 48.5 Å². The summed E-state index contributed by atoms with van der Waals surface area (Å²) in [6.07, 6.45) is 0. The smallest absolute Gasteiger partial charge is 0.119 e. The first-order valence-corrected chi connectivity index (χ1v) is 5.52. The Labute approximate surface area is 100 Å². The van der Waals surface area contributed by atoms with Gasteiger partial charge < -0.3 is 15.6 Å². The molecule has 0 spiro atoms. The lowest BCUT2D eigenvalue weighted by molar-refractivity contribution is 0.328. The lowest BCUT2D eigenvalue weighted by atomic mass is 10.1. The molecule has 0 saturated heterocycles. The van der Waals surface area contributed by atoms with Gasteiger partial charge in [0, 0.05) is 6.54 Å². The van der Waals surface area contributed by atoms with Gasteiger partial charge in [0.2, 0.25) is 0 Å². The van der Waals surface area contributed by atoms with Crippen molar-refractivity contribution < 1.29 is 9.84 Å². The van der Waals surface area contributed by atoms with Crippen LogP contribution in [0.25, 0.3) is 11.1 Å². The van der Waals surface area contributed by atoms with Gasteiger partial charge in [-0.15, -0.1) is 0 Å². The van der Waals surface area contributed by atoms with Gasteiger partial charge in [0.15, 0.2) is 0 Å². The summed E-state index contributed by atoms with van der Waals surface area (Å²) in [6, 6.07) is 14.9. The minimum atomic E-state index is 0.275. The molecule has 3 nitrogen and oxygen atoms in total. The molecule has 0 aromatic heterocycles. The van der Waals surface area contributed by atoms with E-state index in [-0.39, 0.29) is 5.75 Å². The summed E-state index contributed by atoms with van der Waals surface area (Å²) in [5.74, 6) is 1.09. The van der Waals surface area contributed by atoms with Crippen LogP contribution in [0.4, 0.5) is 0 Å².